The van der Waals surface area contributed by atoms with E-state index in [0.29, 0.717) is 18.4 Å². The Balaban J connectivity index is 1.89. The molecule has 0 spiro atoms. The number of benzene rings is 2. The minimum atomic E-state index is -0.327. The van der Waals surface area contributed by atoms with Gasteiger partial charge in [-0.15, -0.1) is 0 Å². The number of carbonyl (C=O) groups is 2. The van der Waals surface area contributed by atoms with E-state index in [1.54, 1.807) is 17.0 Å². The summed E-state index contributed by atoms with van der Waals surface area (Å²) in [7, 11) is 0. The fourth-order valence-electron chi connectivity index (χ4n) is 4.31. The molecule has 4 rings (SSSR count). The average molecular weight is 442 g/mol. The fraction of sp³-hybridized carbons (Fsp3) is 0.304. The van der Waals surface area contributed by atoms with Gasteiger partial charge in [0.15, 0.2) is 5.78 Å². The molecule has 0 saturated carbocycles. The van der Waals surface area contributed by atoms with Crippen molar-refractivity contribution in [2.24, 2.45) is 5.41 Å². The number of allylic oxidation sites excluding steroid dienone is 2. The van der Waals surface area contributed by atoms with E-state index >= 15 is 0 Å². The van der Waals surface area contributed by atoms with Gasteiger partial charge in [-0.05, 0) is 47.7 Å². The summed E-state index contributed by atoms with van der Waals surface area (Å²) < 4.78 is 14.3. The topological polar surface area (TPSA) is 37.4 Å². The normalized spacial score (nSPS) is 21.7. The van der Waals surface area contributed by atoms with Gasteiger partial charge in [-0.1, -0.05) is 48.0 Å². The summed E-state index contributed by atoms with van der Waals surface area (Å²) in [4.78, 5) is 28.1. The molecule has 1 unspecified atom stereocenters. The Morgan fingerprint density at radius 3 is 2.46 bits per heavy atom. The van der Waals surface area contributed by atoms with E-state index < -0.39 is 0 Å². The molecule has 2 aromatic carbocycles. The Kier molecular flexibility index (Phi) is 4.74. The van der Waals surface area contributed by atoms with Gasteiger partial charge in [0.25, 0.3) is 0 Å². The van der Waals surface area contributed by atoms with Crippen LogP contribution in [0.25, 0.3) is 0 Å². The van der Waals surface area contributed by atoms with E-state index in [1.807, 2.05) is 24.3 Å². The lowest BCUT2D eigenvalue weighted by Crippen LogP contribution is -2.43. The SMILES string of the molecule is CC1(C)CC(=O)C2=C(C1)N(c1cccc(Br)c1)C(=O)CC2c1ccc(F)cc1. The number of anilines is 1. The molecule has 1 amide bonds. The highest BCUT2D eigenvalue weighted by Gasteiger charge is 2.44. The quantitative estimate of drug-likeness (QED) is 0.594. The lowest BCUT2D eigenvalue weighted by atomic mass is 9.69. The number of amides is 1. The smallest absolute Gasteiger partial charge is 0.232 e. The van der Waals surface area contributed by atoms with Gasteiger partial charge in [0.05, 0.1) is 0 Å². The second kappa shape index (κ2) is 6.96. The molecule has 1 heterocycles. The highest BCUT2D eigenvalue weighted by Crippen LogP contribution is 2.48. The monoisotopic (exact) mass is 441 g/mol. The maximum absolute atomic E-state index is 13.4. The van der Waals surface area contributed by atoms with Gasteiger partial charge in [0.2, 0.25) is 5.91 Å². The molecular formula is C23H21BrFNO2. The van der Waals surface area contributed by atoms with E-state index in [9.17, 15) is 14.0 Å². The molecule has 0 radical (unpaired) electrons. The highest BCUT2D eigenvalue weighted by atomic mass is 79.9. The number of hydrogen-bond donors (Lipinski definition) is 0. The third-order valence-electron chi connectivity index (χ3n) is 5.48. The zero-order valence-corrected chi connectivity index (χ0v) is 17.4. The number of nitrogens with zero attached hydrogens (tertiary/aromatic N) is 1. The molecule has 5 heteroatoms. The third-order valence-corrected chi connectivity index (χ3v) is 5.97. The van der Waals surface area contributed by atoms with E-state index in [-0.39, 0.29) is 35.3 Å². The Hall–Kier alpha value is -2.27. The first-order chi connectivity index (χ1) is 13.2. The van der Waals surface area contributed by atoms with E-state index in [1.165, 1.54) is 12.1 Å². The Morgan fingerprint density at radius 2 is 1.79 bits per heavy atom. The number of hydrogen-bond acceptors (Lipinski definition) is 2. The predicted octanol–water partition coefficient (Wildman–Crippen LogP) is 5.75. The van der Waals surface area contributed by atoms with Gasteiger partial charge in [-0.3, -0.25) is 14.5 Å². The molecule has 0 aromatic heterocycles. The molecule has 0 saturated heterocycles. The predicted molar refractivity (Wildman–Crippen MR) is 110 cm³/mol. The van der Waals surface area contributed by atoms with E-state index in [4.69, 9.17) is 0 Å². The van der Waals surface area contributed by atoms with Crippen molar-refractivity contribution < 1.29 is 14.0 Å². The molecular weight excluding hydrogens is 421 g/mol. The lowest BCUT2D eigenvalue weighted by Gasteiger charge is -2.43. The molecule has 0 fully saturated rings. The second-order valence-electron chi connectivity index (χ2n) is 8.32. The molecule has 3 nitrogen and oxygen atoms in total. The van der Waals surface area contributed by atoms with Crippen molar-refractivity contribution in [2.45, 2.75) is 39.0 Å². The molecule has 1 atom stereocenters. The lowest BCUT2D eigenvalue weighted by molar-refractivity contribution is -0.121. The van der Waals surface area contributed by atoms with Crippen LogP contribution in [0, 0.1) is 11.2 Å². The number of ketones is 1. The van der Waals surface area contributed by atoms with Crippen LogP contribution in [0.2, 0.25) is 0 Å². The summed E-state index contributed by atoms with van der Waals surface area (Å²) in [5.41, 5.74) is 2.83. The van der Waals surface area contributed by atoms with Gasteiger partial charge in [-0.2, -0.15) is 0 Å². The number of Topliss-reactive ketones (excluding diaryl/α,β-unsaturated/α-hetero) is 1. The zero-order chi connectivity index (χ0) is 20.1. The van der Waals surface area contributed by atoms with Gasteiger partial charge >= 0.3 is 0 Å². The summed E-state index contributed by atoms with van der Waals surface area (Å²) in [5, 5.41) is 0. The van der Waals surface area contributed by atoms with Gasteiger partial charge in [0.1, 0.15) is 5.82 Å². The fourth-order valence-corrected chi connectivity index (χ4v) is 4.70. The van der Waals surface area contributed by atoms with Crippen LogP contribution in [-0.2, 0) is 9.59 Å². The first-order valence-electron chi connectivity index (χ1n) is 9.35. The van der Waals surface area contributed by atoms with Crippen molar-refractivity contribution >= 4 is 33.3 Å². The Morgan fingerprint density at radius 1 is 1.07 bits per heavy atom. The van der Waals surface area contributed by atoms with Crippen LogP contribution < -0.4 is 4.90 Å². The van der Waals surface area contributed by atoms with Gasteiger partial charge in [0, 0.05) is 40.2 Å². The maximum atomic E-state index is 13.4. The largest absolute Gasteiger partial charge is 0.294 e. The van der Waals surface area contributed by atoms with Crippen molar-refractivity contribution in [3.05, 3.63) is 75.7 Å². The molecule has 2 aromatic rings. The van der Waals surface area contributed by atoms with Gasteiger partial charge < -0.3 is 0 Å². The van der Waals surface area contributed by atoms with Crippen molar-refractivity contribution in [1.29, 1.82) is 0 Å². The van der Waals surface area contributed by atoms with E-state index in [0.717, 1.165) is 21.4 Å². The van der Waals surface area contributed by atoms with Crippen LogP contribution in [0.1, 0.15) is 44.6 Å². The summed E-state index contributed by atoms with van der Waals surface area (Å²) in [5.74, 6) is -0.619. The molecule has 1 aliphatic carbocycles. The molecule has 28 heavy (non-hydrogen) atoms. The van der Waals surface area contributed by atoms with Crippen molar-refractivity contribution in [1.82, 2.24) is 0 Å². The minimum Gasteiger partial charge on any atom is -0.294 e. The zero-order valence-electron chi connectivity index (χ0n) is 15.8. The number of halogens is 2. The Labute approximate surface area is 172 Å². The van der Waals surface area contributed by atoms with Crippen LogP contribution in [0.15, 0.2) is 64.3 Å². The molecule has 0 N–H and O–H groups in total. The standard InChI is InChI=1S/C23H21BrFNO2/c1-23(2)12-19-22(20(27)13-23)18(14-6-8-16(25)9-7-14)11-21(28)26(19)17-5-3-4-15(24)10-17/h3-10,18H,11-13H2,1-2H3. The van der Waals surface area contributed by atoms with Crippen LogP contribution in [-0.4, -0.2) is 11.7 Å². The van der Waals surface area contributed by atoms with E-state index in [2.05, 4.69) is 29.8 Å². The van der Waals surface area contributed by atoms with Crippen LogP contribution in [0.4, 0.5) is 10.1 Å². The Bertz CT molecular complexity index is 994. The van der Waals surface area contributed by atoms with Crippen molar-refractivity contribution in [3.63, 3.8) is 0 Å². The summed E-state index contributed by atoms with van der Waals surface area (Å²) in [6.07, 6.45) is 1.29. The first-order valence-corrected chi connectivity index (χ1v) is 10.1. The van der Waals surface area contributed by atoms with Gasteiger partial charge in [-0.25, -0.2) is 4.39 Å². The van der Waals surface area contributed by atoms with Crippen LogP contribution in [0.5, 0.6) is 0 Å². The van der Waals surface area contributed by atoms with Crippen molar-refractivity contribution in [2.75, 3.05) is 4.90 Å². The minimum absolute atomic E-state index is 0.0447. The average Bonchev–Trinajstić information content (AvgIpc) is 2.60. The van der Waals surface area contributed by atoms with Crippen LogP contribution in [0.3, 0.4) is 0 Å². The molecule has 1 aliphatic heterocycles. The maximum Gasteiger partial charge on any atom is 0.232 e. The molecule has 144 valence electrons. The molecule has 0 bridgehead atoms. The first kappa shape index (κ1) is 19.1. The summed E-state index contributed by atoms with van der Waals surface area (Å²) in [6.45, 7) is 4.11. The summed E-state index contributed by atoms with van der Waals surface area (Å²) >= 11 is 3.47. The number of rotatable bonds is 2. The third kappa shape index (κ3) is 3.44. The van der Waals surface area contributed by atoms with Crippen LogP contribution >= 0.6 is 15.9 Å². The highest BCUT2D eigenvalue weighted by molar-refractivity contribution is 9.10. The second-order valence-corrected chi connectivity index (χ2v) is 9.23. The summed E-state index contributed by atoms with van der Waals surface area (Å²) in [6, 6.07) is 13.7. The molecule has 2 aliphatic rings. The number of carbonyl (C=O) groups excluding carboxylic acids is 2. The van der Waals surface area contributed by atoms with Crippen molar-refractivity contribution in [3.8, 4) is 0 Å².